The minimum absolute atomic E-state index is 0.268. The number of hydrogen-bond donors (Lipinski definition) is 0. The van der Waals surface area contributed by atoms with Gasteiger partial charge < -0.3 is 4.74 Å². The van der Waals surface area contributed by atoms with Crippen LogP contribution in [0.3, 0.4) is 0 Å². The molecule has 0 unspecified atom stereocenters. The van der Waals surface area contributed by atoms with Crippen LogP contribution in [0.15, 0.2) is 0 Å². The van der Waals surface area contributed by atoms with Crippen LogP contribution in [0.4, 0.5) is 0 Å². The van der Waals surface area contributed by atoms with E-state index in [-0.39, 0.29) is 12.6 Å². The lowest BCUT2D eigenvalue weighted by molar-refractivity contribution is -0.151. The molecule has 0 bridgehead atoms. The molecule has 57 valence electrons. The summed E-state index contributed by atoms with van der Waals surface area (Å²) in [6, 6.07) is 0. The van der Waals surface area contributed by atoms with Crippen molar-refractivity contribution < 1.29 is 14.3 Å². The van der Waals surface area contributed by atoms with Crippen LogP contribution in [0, 0.1) is 5.41 Å². The molecule has 0 heterocycles. The van der Waals surface area contributed by atoms with Crippen molar-refractivity contribution in [2.45, 2.75) is 20.8 Å². The lowest BCUT2D eigenvalue weighted by Crippen LogP contribution is -2.23. The summed E-state index contributed by atoms with van der Waals surface area (Å²) in [4.78, 5) is 20.5. The Bertz CT molecular complexity index is 132. The zero-order valence-electron chi connectivity index (χ0n) is 6.43. The number of esters is 1. The van der Waals surface area contributed by atoms with Gasteiger partial charge in [0.15, 0.2) is 6.61 Å². The van der Waals surface area contributed by atoms with Gasteiger partial charge in [-0.15, -0.1) is 0 Å². The Morgan fingerprint density at radius 3 is 2.30 bits per heavy atom. The van der Waals surface area contributed by atoms with E-state index in [1.807, 2.05) is 0 Å². The van der Waals surface area contributed by atoms with Crippen molar-refractivity contribution >= 4 is 12.3 Å². The van der Waals surface area contributed by atoms with Gasteiger partial charge in [-0.25, -0.2) is 0 Å². The molecule has 0 aromatic carbocycles. The molecule has 0 aliphatic heterocycles. The first-order valence-electron chi connectivity index (χ1n) is 3.00. The highest BCUT2D eigenvalue weighted by Gasteiger charge is 2.22. The second-order valence-corrected chi connectivity index (χ2v) is 2.97. The number of ether oxygens (including phenoxy) is 1. The van der Waals surface area contributed by atoms with Crippen molar-refractivity contribution in [1.29, 1.82) is 0 Å². The third-order valence-electron chi connectivity index (χ3n) is 0.875. The van der Waals surface area contributed by atoms with Gasteiger partial charge in [0.25, 0.3) is 0 Å². The molecule has 0 saturated carbocycles. The third kappa shape index (κ3) is 3.22. The normalized spacial score (nSPS) is 10.7. The summed E-state index contributed by atoms with van der Waals surface area (Å²) < 4.78 is 4.49. The van der Waals surface area contributed by atoms with Crippen molar-refractivity contribution in [3.8, 4) is 0 Å². The van der Waals surface area contributed by atoms with Crippen molar-refractivity contribution in [3.63, 3.8) is 0 Å². The molecule has 0 aromatic heterocycles. The first-order valence-corrected chi connectivity index (χ1v) is 3.00. The molecule has 0 aromatic rings. The highest BCUT2D eigenvalue weighted by Crippen LogP contribution is 2.14. The van der Waals surface area contributed by atoms with Crippen LogP contribution in [0.25, 0.3) is 0 Å². The molecule has 10 heavy (non-hydrogen) atoms. The van der Waals surface area contributed by atoms with Crippen LogP contribution in [-0.2, 0) is 14.3 Å². The molecule has 0 aliphatic carbocycles. The summed E-state index contributed by atoms with van der Waals surface area (Å²) in [7, 11) is 0. The lowest BCUT2D eigenvalue weighted by Gasteiger charge is -2.14. The van der Waals surface area contributed by atoms with E-state index < -0.39 is 5.41 Å². The Kier molecular flexibility index (Phi) is 3.06. The standard InChI is InChI=1S/C7H11O3/c1-7(2,3)6(9)10-5-4-8/h5H2,1-3H3. The van der Waals surface area contributed by atoms with Gasteiger partial charge in [0.2, 0.25) is 6.29 Å². The monoisotopic (exact) mass is 143 g/mol. The van der Waals surface area contributed by atoms with E-state index in [4.69, 9.17) is 0 Å². The van der Waals surface area contributed by atoms with E-state index in [1.165, 1.54) is 6.29 Å². The van der Waals surface area contributed by atoms with Crippen molar-refractivity contribution in [1.82, 2.24) is 0 Å². The SMILES string of the molecule is CC(C)(C)C(=O)OC[C]=O. The average Bonchev–Trinajstić information content (AvgIpc) is 1.80. The lowest BCUT2D eigenvalue weighted by atomic mass is 9.97. The van der Waals surface area contributed by atoms with Crippen LogP contribution in [0.5, 0.6) is 0 Å². The van der Waals surface area contributed by atoms with E-state index in [9.17, 15) is 9.59 Å². The molecular weight excluding hydrogens is 132 g/mol. The largest absolute Gasteiger partial charge is 0.457 e. The van der Waals surface area contributed by atoms with Gasteiger partial charge in [0, 0.05) is 0 Å². The van der Waals surface area contributed by atoms with Crippen molar-refractivity contribution in [2.24, 2.45) is 5.41 Å². The molecule has 0 saturated heterocycles. The van der Waals surface area contributed by atoms with E-state index in [1.54, 1.807) is 20.8 Å². The van der Waals surface area contributed by atoms with Gasteiger partial charge in [-0.3, -0.25) is 9.59 Å². The third-order valence-corrected chi connectivity index (χ3v) is 0.875. The van der Waals surface area contributed by atoms with Crippen LogP contribution in [0.2, 0.25) is 0 Å². The van der Waals surface area contributed by atoms with Crippen LogP contribution < -0.4 is 0 Å². The van der Waals surface area contributed by atoms with E-state index >= 15 is 0 Å². The maximum atomic E-state index is 10.8. The van der Waals surface area contributed by atoms with Crippen molar-refractivity contribution in [3.05, 3.63) is 0 Å². The smallest absolute Gasteiger partial charge is 0.311 e. The molecule has 3 nitrogen and oxygen atoms in total. The molecule has 0 fully saturated rings. The number of carbonyl (C=O) groups excluding carboxylic acids is 2. The Hall–Kier alpha value is -0.860. The number of rotatable bonds is 2. The summed E-state index contributed by atoms with van der Waals surface area (Å²) >= 11 is 0. The van der Waals surface area contributed by atoms with Crippen molar-refractivity contribution in [2.75, 3.05) is 6.61 Å². The van der Waals surface area contributed by atoms with Gasteiger partial charge in [-0.05, 0) is 20.8 Å². The Balaban J connectivity index is 3.74. The summed E-state index contributed by atoms with van der Waals surface area (Å²) in [5.41, 5.74) is -0.531. The van der Waals surface area contributed by atoms with Gasteiger partial charge >= 0.3 is 5.97 Å². The minimum atomic E-state index is -0.531. The fourth-order valence-electron chi connectivity index (χ4n) is 0.312. The van der Waals surface area contributed by atoms with E-state index in [0.717, 1.165) is 0 Å². The molecule has 0 N–H and O–H groups in total. The highest BCUT2D eigenvalue weighted by atomic mass is 16.5. The highest BCUT2D eigenvalue weighted by molar-refractivity contribution is 5.76. The number of hydrogen-bond acceptors (Lipinski definition) is 3. The predicted molar refractivity (Wildman–Crippen MR) is 36.1 cm³/mol. The van der Waals surface area contributed by atoms with Crippen LogP contribution in [-0.4, -0.2) is 18.9 Å². The topological polar surface area (TPSA) is 43.4 Å². The Labute approximate surface area is 60.4 Å². The van der Waals surface area contributed by atoms with Crippen LogP contribution in [0.1, 0.15) is 20.8 Å². The second kappa shape index (κ2) is 3.34. The van der Waals surface area contributed by atoms with Gasteiger partial charge in [-0.1, -0.05) is 0 Å². The first-order chi connectivity index (χ1) is 4.48. The second-order valence-electron chi connectivity index (χ2n) is 2.97. The molecule has 0 rings (SSSR count). The molecule has 0 spiro atoms. The predicted octanol–water partition coefficient (Wildman–Crippen LogP) is 0.685. The molecule has 0 amide bonds. The molecule has 0 atom stereocenters. The molecule has 1 radical (unpaired) electrons. The van der Waals surface area contributed by atoms with Gasteiger partial charge in [0.1, 0.15) is 0 Å². The molecule has 0 aliphatic rings. The molecular formula is C7H11O3. The van der Waals surface area contributed by atoms with Gasteiger partial charge in [0.05, 0.1) is 5.41 Å². The van der Waals surface area contributed by atoms with Gasteiger partial charge in [-0.2, -0.15) is 0 Å². The number of carbonyl (C=O) groups is 1. The fraction of sp³-hybridized carbons (Fsp3) is 0.714. The van der Waals surface area contributed by atoms with E-state index in [0.29, 0.717) is 0 Å². The Morgan fingerprint density at radius 1 is 1.50 bits per heavy atom. The molecule has 3 heteroatoms. The summed E-state index contributed by atoms with van der Waals surface area (Å²) in [6.45, 7) is 4.90. The Morgan fingerprint density at radius 2 is 2.00 bits per heavy atom. The fourth-order valence-corrected chi connectivity index (χ4v) is 0.312. The summed E-state index contributed by atoms with van der Waals surface area (Å²) in [5, 5.41) is 0. The minimum Gasteiger partial charge on any atom is -0.457 e. The maximum Gasteiger partial charge on any atom is 0.311 e. The zero-order chi connectivity index (χ0) is 8.20. The summed E-state index contributed by atoms with van der Waals surface area (Å²) in [6.07, 6.45) is 1.48. The van der Waals surface area contributed by atoms with Crippen LogP contribution >= 0.6 is 0 Å². The summed E-state index contributed by atoms with van der Waals surface area (Å²) in [5.74, 6) is -0.379. The average molecular weight is 143 g/mol. The zero-order valence-corrected chi connectivity index (χ0v) is 6.43. The maximum absolute atomic E-state index is 10.8. The first kappa shape index (κ1) is 9.14. The van der Waals surface area contributed by atoms with E-state index in [2.05, 4.69) is 4.74 Å². The quantitative estimate of drug-likeness (QED) is 0.534.